The van der Waals surface area contributed by atoms with E-state index in [9.17, 15) is 5.26 Å². The van der Waals surface area contributed by atoms with Crippen LogP contribution in [0.3, 0.4) is 0 Å². The number of benzene rings is 9. The Bertz CT molecular complexity index is 3560. The van der Waals surface area contributed by atoms with Crippen molar-refractivity contribution >= 4 is 43.6 Å². The Kier molecular flexibility index (Phi) is 8.84. The van der Waals surface area contributed by atoms with Gasteiger partial charge in [0, 0.05) is 39.5 Å². The second-order valence-electron chi connectivity index (χ2n) is 16.2. The zero-order valence-corrected chi connectivity index (χ0v) is 34.7. The molecule has 298 valence electrons. The maximum atomic E-state index is 10.9. The summed E-state index contributed by atoms with van der Waals surface area (Å²) in [6.07, 6.45) is 3.71. The van der Waals surface area contributed by atoms with Gasteiger partial charge < -0.3 is 9.13 Å². The molecule has 0 amide bonds. The highest BCUT2D eigenvalue weighted by Gasteiger charge is 2.24. The van der Waals surface area contributed by atoms with Crippen molar-refractivity contribution in [1.29, 1.82) is 5.26 Å². The van der Waals surface area contributed by atoms with Crippen molar-refractivity contribution in [1.82, 2.24) is 14.1 Å². The predicted octanol–water partition coefficient (Wildman–Crippen LogP) is 15.5. The molecule has 0 N–H and O–H groups in total. The van der Waals surface area contributed by atoms with Crippen LogP contribution >= 0.6 is 0 Å². The summed E-state index contributed by atoms with van der Waals surface area (Å²) < 4.78 is 4.70. The van der Waals surface area contributed by atoms with Crippen molar-refractivity contribution in [3.05, 3.63) is 236 Å². The molecule has 0 atom stereocenters. The molecule has 4 nitrogen and oxygen atoms in total. The molecular weight excluding hydrogens is 777 g/mol. The average Bonchev–Trinajstić information content (AvgIpc) is 3.89. The summed E-state index contributed by atoms with van der Waals surface area (Å²) in [5, 5.41) is 15.4. The second kappa shape index (κ2) is 15.3. The highest BCUT2D eigenvalue weighted by atomic mass is 15.0. The summed E-state index contributed by atoms with van der Waals surface area (Å²) in [6, 6.07) is 80.1. The first-order chi connectivity index (χ1) is 31.7. The molecule has 0 bridgehead atoms. The summed E-state index contributed by atoms with van der Waals surface area (Å²) in [6.45, 7) is 0. The summed E-state index contributed by atoms with van der Waals surface area (Å²) in [5.41, 5.74) is 18.0. The van der Waals surface area contributed by atoms with E-state index in [0.29, 0.717) is 5.56 Å². The van der Waals surface area contributed by atoms with Gasteiger partial charge in [0.15, 0.2) is 0 Å². The normalized spacial score (nSPS) is 11.4. The molecule has 0 fully saturated rings. The molecule has 0 saturated heterocycles. The monoisotopic (exact) mass is 814 g/mol. The van der Waals surface area contributed by atoms with E-state index in [1.807, 2.05) is 12.4 Å². The van der Waals surface area contributed by atoms with Crippen LogP contribution in [0.5, 0.6) is 0 Å². The molecule has 0 aliphatic rings. The summed E-state index contributed by atoms with van der Waals surface area (Å²) in [7, 11) is 0. The first-order valence-electron chi connectivity index (χ1n) is 21.6. The van der Waals surface area contributed by atoms with Crippen molar-refractivity contribution in [3.8, 4) is 73.1 Å². The molecule has 0 unspecified atom stereocenters. The quantitative estimate of drug-likeness (QED) is 0.161. The van der Waals surface area contributed by atoms with Gasteiger partial charge in [-0.15, -0.1) is 0 Å². The first-order valence-corrected chi connectivity index (χ1v) is 21.6. The highest BCUT2D eigenvalue weighted by molar-refractivity contribution is 6.13. The zero-order valence-electron chi connectivity index (χ0n) is 34.7. The van der Waals surface area contributed by atoms with E-state index in [-0.39, 0.29) is 0 Å². The van der Waals surface area contributed by atoms with Crippen LogP contribution in [0.4, 0.5) is 0 Å². The molecule has 3 heterocycles. The SMILES string of the molecule is N#Cc1cc(-n2c3ccccc3c3cc(-c4ccccc4-c4ccccc4)ccc32)c(-c2ccncc2)c(-n2c3ccccc3c3cc(-c4ccccc4-c4ccccc4)ccc32)c1. The van der Waals surface area contributed by atoms with Crippen molar-refractivity contribution < 1.29 is 0 Å². The van der Waals surface area contributed by atoms with E-state index in [1.54, 1.807) is 0 Å². The zero-order chi connectivity index (χ0) is 42.6. The van der Waals surface area contributed by atoms with Crippen LogP contribution in [-0.4, -0.2) is 14.1 Å². The van der Waals surface area contributed by atoms with E-state index < -0.39 is 0 Å². The lowest BCUT2D eigenvalue weighted by atomic mass is 9.94. The predicted molar refractivity (Wildman–Crippen MR) is 265 cm³/mol. The lowest BCUT2D eigenvalue weighted by Gasteiger charge is -2.21. The summed E-state index contributed by atoms with van der Waals surface area (Å²) >= 11 is 0. The lowest BCUT2D eigenvalue weighted by Crippen LogP contribution is -2.05. The van der Waals surface area contributed by atoms with E-state index >= 15 is 0 Å². The fourth-order valence-corrected chi connectivity index (χ4v) is 9.85. The van der Waals surface area contributed by atoms with Crippen LogP contribution in [0.25, 0.3) is 111 Å². The maximum Gasteiger partial charge on any atom is 0.0993 e. The molecule has 0 aliphatic heterocycles. The number of aromatic nitrogens is 3. The molecule has 4 heteroatoms. The topological polar surface area (TPSA) is 46.5 Å². The molecule has 64 heavy (non-hydrogen) atoms. The van der Waals surface area contributed by atoms with Gasteiger partial charge in [0.05, 0.1) is 45.1 Å². The number of rotatable bonds is 7. The molecule has 12 aromatic rings. The Morgan fingerprint density at radius 2 is 0.719 bits per heavy atom. The third kappa shape index (κ3) is 6.02. The molecule has 0 saturated carbocycles. The highest BCUT2D eigenvalue weighted by Crippen LogP contribution is 2.45. The molecule has 0 spiro atoms. The van der Waals surface area contributed by atoms with Crippen LogP contribution in [0.1, 0.15) is 5.56 Å². The Morgan fingerprint density at radius 3 is 1.17 bits per heavy atom. The Labute approximate surface area is 370 Å². The number of fused-ring (bicyclic) bond motifs is 6. The fourth-order valence-electron chi connectivity index (χ4n) is 9.85. The largest absolute Gasteiger partial charge is 0.308 e. The molecule has 9 aromatic carbocycles. The number of nitrogens with zero attached hydrogens (tertiary/aromatic N) is 4. The van der Waals surface area contributed by atoms with Gasteiger partial charge in [-0.25, -0.2) is 0 Å². The second-order valence-corrected chi connectivity index (χ2v) is 16.2. The smallest absolute Gasteiger partial charge is 0.0993 e. The summed E-state index contributed by atoms with van der Waals surface area (Å²) in [5.74, 6) is 0. The minimum absolute atomic E-state index is 0.571. The third-order valence-electron chi connectivity index (χ3n) is 12.7. The minimum Gasteiger partial charge on any atom is -0.308 e. The third-order valence-corrected chi connectivity index (χ3v) is 12.7. The molecule has 0 aliphatic carbocycles. The summed E-state index contributed by atoms with van der Waals surface area (Å²) in [4.78, 5) is 4.46. The fraction of sp³-hybridized carbons (Fsp3) is 0. The molecule has 0 radical (unpaired) electrons. The number of para-hydroxylation sites is 2. The van der Waals surface area contributed by atoms with Crippen LogP contribution in [0.15, 0.2) is 231 Å². The van der Waals surface area contributed by atoms with Gasteiger partial charge in [0.25, 0.3) is 0 Å². The van der Waals surface area contributed by atoms with E-state index in [1.165, 1.54) is 33.4 Å². The van der Waals surface area contributed by atoms with Gasteiger partial charge >= 0.3 is 0 Å². The minimum atomic E-state index is 0.571. The molecule has 12 rings (SSSR count). The van der Waals surface area contributed by atoms with Crippen molar-refractivity contribution in [2.45, 2.75) is 0 Å². The van der Waals surface area contributed by atoms with Crippen molar-refractivity contribution in [2.24, 2.45) is 0 Å². The van der Waals surface area contributed by atoms with Gasteiger partial charge in [0.1, 0.15) is 0 Å². The number of hydrogen-bond acceptors (Lipinski definition) is 2. The van der Waals surface area contributed by atoms with Crippen LogP contribution in [0, 0.1) is 11.3 Å². The average molecular weight is 815 g/mol. The lowest BCUT2D eigenvalue weighted by molar-refractivity contribution is 1.13. The molecular formula is C60H38N4. The van der Waals surface area contributed by atoms with E-state index in [2.05, 4.69) is 239 Å². The van der Waals surface area contributed by atoms with Gasteiger partial charge in [0.2, 0.25) is 0 Å². The van der Waals surface area contributed by atoms with E-state index in [0.717, 1.165) is 77.2 Å². The van der Waals surface area contributed by atoms with Gasteiger partial charge in [-0.05, 0) is 111 Å². The van der Waals surface area contributed by atoms with Crippen LogP contribution in [0.2, 0.25) is 0 Å². The number of hydrogen-bond donors (Lipinski definition) is 0. The Balaban J connectivity index is 1.12. The van der Waals surface area contributed by atoms with Crippen molar-refractivity contribution in [3.63, 3.8) is 0 Å². The maximum absolute atomic E-state index is 10.9. The van der Waals surface area contributed by atoms with Gasteiger partial charge in [-0.2, -0.15) is 5.26 Å². The Morgan fingerprint density at radius 1 is 0.328 bits per heavy atom. The van der Waals surface area contributed by atoms with Crippen LogP contribution in [-0.2, 0) is 0 Å². The number of nitriles is 1. The van der Waals surface area contributed by atoms with E-state index in [4.69, 9.17) is 0 Å². The number of pyridine rings is 1. The Hall–Kier alpha value is -8.78. The van der Waals surface area contributed by atoms with Crippen molar-refractivity contribution in [2.75, 3.05) is 0 Å². The van der Waals surface area contributed by atoms with Gasteiger partial charge in [-0.1, -0.05) is 158 Å². The molecule has 3 aromatic heterocycles. The first kappa shape index (κ1) is 37.0. The standard InChI is InChI=1S/C60H38N4/c61-39-40-35-58(63-54-25-13-11-23-50(54)52-37-44(27-29-56(52)63)48-21-9-7-19-46(48)41-15-3-1-4-16-41)60(43-31-33-62-34-32-43)59(36-40)64-55-26-14-12-24-51(55)53-38-45(28-30-57(53)64)49-22-10-8-20-47(49)42-17-5-2-6-18-42/h1-38H. The van der Waals surface area contributed by atoms with Crippen LogP contribution < -0.4 is 0 Å². The van der Waals surface area contributed by atoms with Gasteiger partial charge in [-0.3, -0.25) is 4.98 Å².